The summed E-state index contributed by atoms with van der Waals surface area (Å²) in [5.74, 6) is 1.48. The number of hydrogen-bond acceptors (Lipinski definition) is 4. The summed E-state index contributed by atoms with van der Waals surface area (Å²) in [7, 11) is -1.43. The summed E-state index contributed by atoms with van der Waals surface area (Å²) >= 11 is 0. The van der Waals surface area contributed by atoms with Crippen LogP contribution in [0.5, 0.6) is 0 Å². The highest BCUT2D eigenvalue weighted by atomic mass is 32.2. The number of hydrogen-bond donors (Lipinski definition) is 1. The number of sulfonamides is 1. The highest BCUT2D eigenvalue weighted by Crippen LogP contribution is 2.30. The summed E-state index contributed by atoms with van der Waals surface area (Å²) in [6.07, 6.45) is 3.34. The summed E-state index contributed by atoms with van der Waals surface area (Å²) in [5.41, 5.74) is 1.90. The van der Waals surface area contributed by atoms with Crippen LogP contribution < -0.4 is 9.62 Å². The van der Waals surface area contributed by atoms with E-state index in [-0.39, 0.29) is 12.3 Å². The molecule has 156 valence electrons. The number of likely N-dealkylation sites (N-methyl/N-ethyl adjacent to an activating group) is 1. The Morgan fingerprint density at radius 2 is 2.14 bits per heavy atom. The fourth-order valence-electron chi connectivity index (χ4n) is 3.29. The van der Waals surface area contributed by atoms with Crippen molar-refractivity contribution in [2.75, 3.05) is 56.5 Å². The van der Waals surface area contributed by atoms with Crippen LogP contribution in [0.4, 0.5) is 5.69 Å². The average Bonchev–Trinajstić information content (AvgIpc) is 3.39. The van der Waals surface area contributed by atoms with Gasteiger partial charge in [0.2, 0.25) is 10.0 Å². The molecule has 0 radical (unpaired) electrons. The fraction of sp³-hybridized carbons (Fsp3) is 0.650. The zero-order chi connectivity index (χ0) is 20.0. The lowest BCUT2D eigenvalue weighted by Gasteiger charge is -2.22. The Bertz CT molecular complexity index is 777. The van der Waals surface area contributed by atoms with E-state index in [4.69, 9.17) is 4.74 Å². The molecular weight excluding hydrogens is 376 g/mol. The van der Waals surface area contributed by atoms with Crippen LogP contribution in [-0.2, 0) is 21.2 Å². The van der Waals surface area contributed by atoms with Gasteiger partial charge >= 0.3 is 0 Å². The summed E-state index contributed by atoms with van der Waals surface area (Å²) in [6, 6.07) is 7.70. The molecule has 3 rings (SSSR count). The second-order valence-electron chi connectivity index (χ2n) is 7.44. The fourth-order valence-corrected chi connectivity index (χ4v) is 4.68. The van der Waals surface area contributed by atoms with Crippen LogP contribution >= 0.6 is 0 Å². The minimum atomic E-state index is -3.38. The van der Waals surface area contributed by atoms with Gasteiger partial charge in [-0.2, -0.15) is 0 Å². The van der Waals surface area contributed by atoms with E-state index in [1.54, 1.807) is 0 Å². The molecule has 1 aromatic rings. The Balaban J connectivity index is 1.52. The molecule has 1 aliphatic carbocycles. The molecule has 28 heavy (non-hydrogen) atoms. The predicted octanol–water partition coefficient (Wildman–Crippen LogP) is 1.70. The second-order valence-corrected chi connectivity index (χ2v) is 9.46. The smallest absolute Gasteiger partial charge is 0.237 e. The lowest BCUT2D eigenvalue weighted by Crippen LogP contribution is -2.41. The van der Waals surface area contributed by atoms with Crippen molar-refractivity contribution in [1.82, 2.24) is 10.2 Å². The highest BCUT2D eigenvalue weighted by Gasteiger charge is 2.28. The first kappa shape index (κ1) is 20.9. The van der Waals surface area contributed by atoms with Gasteiger partial charge in [-0.15, -0.1) is 0 Å². The molecule has 0 amide bonds. The number of nitrogens with one attached hydrogen (secondary N) is 1. The van der Waals surface area contributed by atoms with E-state index in [2.05, 4.69) is 10.3 Å². The van der Waals surface area contributed by atoms with Gasteiger partial charge in [-0.1, -0.05) is 18.2 Å². The van der Waals surface area contributed by atoms with Gasteiger partial charge in [-0.3, -0.25) is 9.30 Å². The first-order valence-electron chi connectivity index (χ1n) is 10.2. The maximum atomic E-state index is 12.8. The third-order valence-corrected chi connectivity index (χ3v) is 6.86. The van der Waals surface area contributed by atoms with Crippen molar-refractivity contribution in [2.45, 2.75) is 26.2 Å². The Morgan fingerprint density at radius 3 is 2.89 bits per heavy atom. The molecule has 0 saturated heterocycles. The van der Waals surface area contributed by atoms with E-state index in [1.165, 1.54) is 17.1 Å². The number of nitrogens with zero attached hydrogens (tertiary/aromatic N) is 3. The van der Waals surface area contributed by atoms with Crippen LogP contribution in [0.3, 0.4) is 0 Å². The van der Waals surface area contributed by atoms with Gasteiger partial charge < -0.3 is 15.0 Å². The van der Waals surface area contributed by atoms with E-state index in [1.807, 2.05) is 43.1 Å². The predicted molar refractivity (Wildman–Crippen MR) is 113 cm³/mol. The molecule has 0 bridgehead atoms. The van der Waals surface area contributed by atoms with Gasteiger partial charge in [0.25, 0.3) is 0 Å². The lowest BCUT2D eigenvalue weighted by molar-refractivity contribution is 0.115. The number of ether oxygens (including phenoxy) is 1. The van der Waals surface area contributed by atoms with E-state index in [0.717, 1.165) is 49.2 Å². The molecule has 1 aliphatic heterocycles. The van der Waals surface area contributed by atoms with Gasteiger partial charge in [0.15, 0.2) is 5.96 Å². The third kappa shape index (κ3) is 5.61. The quantitative estimate of drug-likeness (QED) is 0.362. The molecule has 0 spiro atoms. The summed E-state index contributed by atoms with van der Waals surface area (Å²) < 4.78 is 32.8. The van der Waals surface area contributed by atoms with Crippen LogP contribution in [0.1, 0.15) is 25.3 Å². The van der Waals surface area contributed by atoms with E-state index < -0.39 is 10.0 Å². The maximum Gasteiger partial charge on any atom is 0.237 e. The molecule has 0 unspecified atom stereocenters. The van der Waals surface area contributed by atoms with Crippen LogP contribution in [-0.4, -0.2) is 71.5 Å². The van der Waals surface area contributed by atoms with Gasteiger partial charge in [0, 0.05) is 33.3 Å². The van der Waals surface area contributed by atoms with Gasteiger partial charge in [0.05, 0.1) is 24.6 Å². The van der Waals surface area contributed by atoms with Gasteiger partial charge in [0.1, 0.15) is 0 Å². The number of para-hydroxylation sites is 1. The number of guanidine groups is 1. The van der Waals surface area contributed by atoms with Crippen molar-refractivity contribution in [3.8, 4) is 0 Å². The van der Waals surface area contributed by atoms with Crippen molar-refractivity contribution in [3.63, 3.8) is 0 Å². The van der Waals surface area contributed by atoms with Gasteiger partial charge in [-0.25, -0.2) is 8.42 Å². The first-order chi connectivity index (χ1) is 13.5. The number of anilines is 1. The van der Waals surface area contributed by atoms with E-state index in [0.29, 0.717) is 13.2 Å². The van der Waals surface area contributed by atoms with Crippen LogP contribution in [0.25, 0.3) is 0 Å². The molecule has 0 aromatic heterocycles. The molecule has 1 fully saturated rings. The molecule has 1 aromatic carbocycles. The van der Waals surface area contributed by atoms with E-state index >= 15 is 0 Å². The Kier molecular flexibility index (Phi) is 7.18. The molecular formula is C20H32N4O3S. The lowest BCUT2D eigenvalue weighted by atomic mass is 10.2. The maximum absolute atomic E-state index is 12.8. The topological polar surface area (TPSA) is 74.2 Å². The first-order valence-corrected chi connectivity index (χ1v) is 11.8. The zero-order valence-corrected chi connectivity index (χ0v) is 17.7. The van der Waals surface area contributed by atoms with Crippen molar-refractivity contribution in [2.24, 2.45) is 10.9 Å². The van der Waals surface area contributed by atoms with Crippen molar-refractivity contribution < 1.29 is 13.2 Å². The summed E-state index contributed by atoms with van der Waals surface area (Å²) in [5, 5.41) is 3.23. The zero-order valence-electron chi connectivity index (χ0n) is 16.9. The van der Waals surface area contributed by atoms with Crippen LogP contribution in [0, 0.1) is 5.92 Å². The monoisotopic (exact) mass is 408 g/mol. The Morgan fingerprint density at radius 1 is 1.36 bits per heavy atom. The number of aliphatic imine (C=N–C) groups is 1. The molecule has 1 saturated carbocycles. The molecule has 1 heterocycles. The molecule has 1 N–H and O–H groups in total. The van der Waals surface area contributed by atoms with Crippen molar-refractivity contribution in [1.29, 1.82) is 0 Å². The molecule has 8 heteroatoms. The minimum Gasteiger partial charge on any atom is -0.379 e. The number of fused-ring (bicyclic) bond motifs is 1. The standard InChI is InChI=1S/C20H32N4O3S/c1-3-21-20(23(2)13-14-27-16-17-8-9-17)22-11-15-28(25,26)24-12-10-18-6-4-5-7-19(18)24/h4-7,17H,3,8-16H2,1-2H3,(H,21,22). The summed E-state index contributed by atoms with van der Waals surface area (Å²) in [4.78, 5) is 6.52. The van der Waals surface area contributed by atoms with Crippen molar-refractivity contribution >= 4 is 21.7 Å². The highest BCUT2D eigenvalue weighted by molar-refractivity contribution is 7.92. The van der Waals surface area contributed by atoms with Crippen LogP contribution in [0.15, 0.2) is 29.3 Å². The van der Waals surface area contributed by atoms with Gasteiger partial charge in [-0.05, 0) is 43.7 Å². The molecule has 0 atom stereocenters. The van der Waals surface area contributed by atoms with E-state index in [9.17, 15) is 8.42 Å². The largest absolute Gasteiger partial charge is 0.379 e. The third-order valence-electron chi connectivity index (χ3n) is 5.11. The van der Waals surface area contributed by atoms with Crippen molar-refractivity contribution in [3.05, 3.63) is 29.8 Å². The molecule has 7 nitrogen and oxygen atoms in total. The Hall–Kier alpha value is -1.80. The summed E-state index contributed by atoms with van der Waals surface area (Å²) in [6.45, 7) is 5.71. The number of rotatable bonds is 10. The second kappa shape index (κ2) is 9.60. The normalized spacial score (nSPS) is 16.9. The Labute approximate surface area is 168 Å². The molecule has 2 aliphatic rings. The number of benzene rings is 1. The minimum absolute atomic E-state index is 0.00223. The SMILES string of the molecule is CCNC(=NCCS(=O)(=O)N1CCc2ccccc21)N(C)CCOCC1CC1. The average molecular weight is 409 g/mol. The van der Waals surface area contributed by atoms with Crippen LogP contribution in [0.2, 0.25) is 0 Å².